The van der Waals surface area contributed by atoms with Gasteiger partial charge in [-0.1, -0.05) is 12.1 Å². The average Bonchev–Trinajstić information content (AvgIpc) is 2.60. The molecule has 3 rings (SSSR count). The first kappa shape index (κ1) is 19.1. The Balaban J connectivity index is 1.71. The van der Waals surface area contributed by atoms with Crippen LogP contribution in [-0.2, 0) is 0 Å². The highest BCUT2D eigenvalue weighted by atomic mass is 19.3. The van der Waals surface area contributed by atoms with Gasteiger partial charge in [-0.2, -0.15) is 17.6 Å². The van der Waals surface area contributed by atoms with E-state index in [9.17, 15) is 27.5 Å². The van der Waals surface area contributed by atoms with Crippen LogP contribution in [0.15, 0.2) is 36.5 Å². The molecule has 0 spiro atoms. The predicted octanol–water partition coefficient (Wildman–Crippen LogP) is 4.04. The summed E-state index contributed by atoms with van der Waals surface area (Å²) in [5.41, 5.74) is 1.11. The highest BCUT2D eigenvalue weighted by molar-refractivity contribution is 5.95. The molecule has 1 atom stereocenters. The third-order valence-electron chi connectivity index (χ3n) is 4.09. The third-order valence-corrected chi connectivity index (χ3v) is 4.09. The fourth-order valence-corrected chi connectivity index (χ4v) is 2.62. The number of carbonyl (C=O) groups excluding carboxylic acids is 1. The Hall–Kier alpha value is -2.68. The predicted molar refractivity (Wildman–Crippen MR) is 85.1 cm³/mol. The van der Waals surface area contributed by atoms with E-state index in [1.54, 1.807) is 19.1 Å². The molecule has 27 heavy (non-hydrogen) atoms. The SMILES string of the molecule is Cc1cccnc1C(=O)CCC(O)c1ccc2c(c1)OC(F)(F)C(F)(F)O2. The lowest BCUT2D eigenvalue weighted by Crippen LogP contribution is -2.52. The number of halogens is 4. The molecular weight excluding hydrogens is 370 g/mol. The summed E-state index contributed by atoms with van der Waals surface area (Å²) in [5, 5.41) is 10.2. The summed E-state index contributed by atoms with van der Waals surface area (Å²) < 4.78 is 60.8. The molecule has 2 aromatic rings. The largest absolute Gasteiger partial charge is 0.507 e. The van der Waals surface area contributed by atoms with Crippen molar-refractivity contribution in [3.05, 3.63) is 53.3 Å². The number of rotatable bonds is 5. The fourth-order valence-electron chi connectivity index (χ4n) is 2.62. The van der Waals surface area contributed by atoms with Gasteiger partial charge in [0.2, 0.25) is 0 Å². The monoisotopic (exact) mass is 385 g/mol. The summed E-state index contributed by atoms with van der Waals surface area (Å²) in [5.74, 6) is -1.47. The maximum absolute atomic E-state index is 13.3. The minimum Gasteiger partial charge on any atom is -0.421 e. The molecule has 0 fully saturated rings. The summed E-state index contributed by atoms with van der Waals surface area (Å²) in [4.78, 5) is 16.2. The number of aryl methyl sites for hydroxylation is 1. The molecule has 0 amide bonds. The summed E-state index contributed by atoms with van der Waals surface area (Å²) >= 11 is 0. The van der Waals surface area contributed by atoms with Gasteiger partial charge < -0.3 is 14.6 Å². The first-order chi connectivity index (χ1) is 12.6. The van der Waals surface area contributed by atoms with Gasteiger partial charge in [-0.15, -0.1) is 0 Å². The normalized spacial score (nSPS) is 18.0. The van der Waals surface area contributed by atoms with Crippen LogP contribution in [0.5, 0.6) is 11.5 Å². The van der Waals surface area contributed by atoms with Gasteiger partial charge in [0.1, 0.15) is 5.69 Å². The highest BCUT2D eigenvalue weighted by Crippen LogP contribution is 2.47. The Morgan fingerprint density at radius 2 is 1.81 bits per heavy atom. The molecule has 144 valence electrons. The van der Waals surface area contributed by atoms with Crippen molar-refractivity contribution >= 4 is 5.78 Å². The zero-order chi connectivity index (χ0) is 19.8. The number of ketones is 1. The summed E-state index contributed by atoms with van der Waals surface area (Å²) in [6, 6.07) is 6.65. The molecule has 0 radical (unpaired) electrons. The van der Waals surface area contributed by atoms with Crippen molar-refractivity contribution in [2.75, 3.05) is 0 Å². The molecule has 1 aliphatic heterocycles. The molecule has 1 aliphatic rings. The summed E-state index contributed by atoms with van der Waals surface area (Å²) in [6.45, 7) is 1.73. The van der Waals surface area contributed by atoms with Gasteiger partial charge in [0.05, 0.1) is 6.10 Å². The van der Waals surface area contributed by atoms with E-state index in [2.05, 4.69) is 14.5 Å². The zero-order valence-corrected chi connectivity index (χ0v) is 14.1. The smallest absolute Gasteiger partial charge is 0.421 e. The Labute approximate surface area is 151 Å². The number of nitrogens with zero attached hydrogens (tertiary/aromatic N) is 1. The van der Waals surface area contributed by atoms with E-state index in [1.165, 1.54) is 12.3 Å². The Bertz CT molecular complexity index is 872. The maximum Gasteiger partial charge on any atom is 0.507 e. The van der Waals surface area contributed by atoms with E-state index < -0.39 is 29.8 Å². The van der Waals surface area contributed by atoms with E-state index in [0.717, 1.165) is 12.1 Å². The van der Waals surface area contributed by atoms with Crippen molar-refractivity contribution in [3.8, 4) is 11.5 Å². The lowest BCUT2D eigenvalue weighted by molar-refractivity contribution is -0.391. The number of aliphatic hydroxyl groups excluding tert-OH is 1. The molecular formula is C18H15F4NO4. The number of alkyl halides is 4. The van der Waals surface area contributed by atoms with Gasteiger partial charge in [-0.3, -0.25) is 9.78 Å². The average molecular weight is 385 g/mol. The fraction of sp³-hybridized carbons (Fsp3) is 0.333. The van der Waals surface area contributed by atoms with Crippen molar-refractivity contribution in [2.24, 2.45) is 0 Å². The van der Waals surface area contributed by atoms with E-state index in [0.29, 0.717) is 5.56 Å². The van der Waals surface area contributed by atoms with Crippen molar-refractivity contribution in [1.29, 1.82) is 0 Å². The van der Waals surface area contributed by atoms with E-state index in [-0.39, 0.29) is 29.9 Å². The first-order valence-electron chi connectivity index (χ1n) is 8.01. The second kappa shape index (κ2) is 6.80. The lowest BCUT2D eigenvalue weighted by Gasteiger charge is -2.32. The lowest BCUT2D eigenvalue weighted by atomic mass is 10.0. The number of pyridine rings is 1. The van der Waals surface area contributed by atoms with Crippen molar-refractivity contribution < 1.29 is 36.9 Å². The number of benzene rings is 1. The zero-order valence-electron chi connectivity index (χ0n) is 14.1. The maximum atomic E-state index is 13.3. The second-order valence-corrected chi connectivity index (χ2v) is 6.09. The molecule has 0 bridgehead atoms. The molecule has 5 nitrogen and oxygen atoms in total. The van der Waals surface area contributed by atoms with Gasteiger partial charge in [0.25, 0.3) is 0 Å². The Kier molecular flexibility index (Phi) is 4.81. The van der Waals surface area contributed by atoms with Crippen LogP contribution in [0.2, 0.25) is 0 Å². The van der Waals surface area contributed by atoms with E-state index in [4.69, 9.17) is 0 Å². The van der Waals surface area contributed by atoms with Crippen LogP contribution in [-0.4, -0.2) is 28.1 Å². The van der Waals surface area contributed by atoms with Gasteiger partial charge in [-0.05, 0) is 42.7 Å². The molecule has 1 unspecified atom stereocenters. The van der Waals surface area contributed by atoms with E-state index >= 15 is 0 Å². The molecule has 9 heteroatoms. The number of Topliss-reactive ketones (excluding diaryl/α,β-unsaturated/α-hetero) is 1. The molecule has 0 saturated heterocycles. The van der Waals surface area contributed by atoms with Crippen LogP contribution < -0.4 is 9.47 Å². The molecule has 0 saturated carbocycles. The second-order valence-electron chi connectivity index (χ2n) is 6.09. The van der Waals surface area contributed by atoms with Crippen LogP contribution in [0.25, 0.3) is 0 Å². The summed E-state index contributed by atoms with van der Waals surface area (Å²) in [6.07, 6.45) is -9.40. The summed E-state index contributed by atoms with van der Waals surface area (Å²) in [7, 11) is 0. The number of hydrogen-bond donors (Lipinski definition) is 1. The quantitative estimate of drug-likeness (QED) is 0.621. The van der Waals surface area contributed by atoms with Crippen LogP contribution in [0.1, 0.15) is 40.6 Å². The van der Waals surface area contributed by atoms with Crippen LogP contribution in [0.3, 0.4) is 0 Å². The van der Waals surface area contributed by atoms with Crippen LogP contribution in [0, 0.1) is 6.92 Å². The van der Waals surface area contributed by atoms with Crippen LogP contribution >= 0.6 is 0 Å². The highest BCUT2D eigenvalue weighted by Gasteiger charge is 2.65. The Morgan fingerprint density at radius 3 is 2.48 bits per heavy atom. The number of ether oxygens (including phenoxy) is 2. The standard InChI is InChI=1S/C18H15F4NO4/c1-10-3-2-8-23-16(10)13(25)6-5-12(24)11-4-7-14-15(9-11)27-18(21,22)17(19,20)26-14/h2-4,7-9,12,24H,5-6H2,1H3. The topological polar surface area (TPSA) is 68.7 Å². The minimum absolute atomic E-state index is 0.0129. The minimum atomic E-state index is -4.84. The van der Waals surface area contributed by atoms with Gasteiger partial charge >= 0.3 is 12.2 Å². The molecule has 1 N–H and O–H groups in total. The van der Waals surface area contributed by atoms with E-state index in [1.807, 2.05) is 0 Å². The molecule has 1 aromatic heterocycles. The van der Waals surface area contributed by atoms with Gasteiger partial charge in [-0.25, -0.2) is 0 Å². The van der Waals surface area contributed by atoms with Gasteiger partial charge in [0, 0.05) is 12.6 Å². The van der Waals surface area contributed by atoms with Crippen molar-refractivity contribution in [2.45, 2.75) is 38.1 Å². The number of aliphatic hydroxyl groups is 1. The molecule has 2 heterocycles. The Morgan fingerprint density at radius 1 is 1.15 bits per heavy atom. The number of hydrogen-bond acceptors (Lipinski definition) is 5. The van der Waals surface area contributed by atoms with Crippen LogP contribution in [0.4, 0.5) is 17.6 Å². The molecule has 1 aromatic carbocycles. The number of fused-ring (bicyclic) bond motifs is 1. The number of carbonyl (C=O) groups is 1. The van der Waals surface area contributed by atoms with Crippen molar-refractivity contribution in [1.82, 2.24) is 4.98 Å². The number of aromatic nitrogens is 1. The first-order valence-corrected chi connectivity index (χ1v) is 8.01. The van der Waals surface area contributed by atoms with Gasteiger partial charge in [0.15, 0.2) is 17.3 Å². The molecule has 0 aliphatic carbocycles. The third kappa shape index (κ3) is 3.73. The van der Waals surface area contributed by atoms with Crippen molar-refractivity contribution in [3.63, 3.8) is 0 Å².